The minimum absolute atomic E-state index is 0.722. The second-order valence-electron chi connectivity index (χ2n) is 21.5. The summed E-state index contributed by atoms with van der Waals surface area (Å²) in [5, 5.41) is 9.19. The van der Waals surface area contributed by atoms with Crippen molar-refractivity contribution in [1.29, 1.82) is 0 Å². The molecule has 4 aromatic heterocycles. The third-order valence-corrected chi connectivity index (χ3v) is 18.9. The zero-order chi connectivity index (χ0) is 49.4. The second-order valence-corrected chi connectivity index (χ2v) is 25.1. The standard InChI is InChI=1S/C66H104S4/c1-5-9-13-17-21-25-27-31-35-39-45-57(43-37-33-29-23-19-15-11-7-3)47-41-49-61-63(59-51-53-67-55-59)65-66(69-61)64(60-52-54-68-56-60)62(70-65)50-42-48-58(44-38-34-30-24-20-16-12-8-4)46-40-36-32-28-26-22-18-14-10-6-2/h51-58H,5-40,43-48H2,1-4H3. The van der Waals surface area contributed by atoms with Crippen LogP contribution in [0, 0.1) is 35.5 Å². The fourth-order valence-corrected chi connectivity index (χ4v) is 14.7. The van der Waals surface area contributed by atoms with Crippen LogP contribution >= 0.6 is 45.3 Å². The lowest BCUT2D eigenvalue weighted by Crippen LogP contribution is -2.00. The molecule has 0 aromatic carbocycles. The van der Waals surface area contributed by atoms with Gasteiger partial charge in [0.1, 0.15) is 0 Å². The maximum Gasteiger partial charge on any atom is 0.0868 e. The van der Waals surface area contributed by atoms with Crippen molar-refractivity contribution in [2.24, 2.45) is 11.8 Å². The first-order valence-electron chi connectivity index (χ1n) is 30.3. The Morgan fingerprint density at radius 2 is 0.600 bits per heavy atom. The van der Waals surface area contributed by atoms with Gasteiger partial charge in [-0.3, -0.25) is 0 Å². The molecule has 4 rings (SSSR count). The van der Waals surface area contributed by atoms with Crippen molar-refractivity contribution in [2.75, 3.05) is 0 Å². The molecule has 4 heteroatoms. The first-order valence-corrected chi connectivity index (χ1v) is 33.8. The van der Waals surface area contributed by atoms with Crippen molar-refractivity contribution in [2.45, 2.75) is 297 Å². The van der Waals surface area contributed by atoms with Gasteiger partial charge in [0, 0.05) is 24.0 Å². The monoisotopic (exact) mass is 1020 g/mol. The highest BCUT2D eigenvalue weighted by Gasteiger charge is 2.23. The Labute approximate surface area is 450 Å². The summed E-state index contributed by atoms with van der Waals surface area (Å²) in [6.45, 7) is 9.29. The molecule has 0 fully saturated rings. The maximum atomic E-state index is 3.86. The summed E-state index contributed by atoms with van der Waals surface area (Å²) >= 11 is 7.52. The zero-order valence-electron chi connectivity index (χ0n) is 46.0. The Morgan fingerprint density at radius 3 is 0.843 bits per heavy atom. The van der Waals surface area contributed by atoms with Crippen LogP contribution in [0.25, 0.3) is 31.7 Å². The third-order valence-electron chi connectivity index (χ3n) is 15.2. The molecule has 0 radical (unpaired) electrons. The Morgan fingerprint density at radius 1 is 0.343 bits per heavy atom. The summed E-state index contributed by atoms with van der Waals surface area (Å²) in [4.78, 5) is 2.53. The Balaban J connectivity index is 1.46. The van der Waals surface area contributed by atoms with E-state index in [0.717, 1.165) is 24.7 Å². The van der Waals surface area contributed by atoms with E-state index < -0.39 is 0 Å². The summed E-state index contributed by atoms with van der Waals surface area (Å²) in [6.07, 6.45) is 58.1. The fourth-order valence-electron chi connectivity index (χ4n) is 10.7. The van der Waals surface area contributed by atoms with Gasteiger partial charge in [0.2, 0.25) is 0 Å². The molecule has 4 aromatic rings. The van der Waals surface area contributed by atoms with E-state index in [1.807, 2.05) is 45.3 Å². The van der Waals surface area contributed by atoms with Crippen LogP contribution in [0.15, 0.2) is 33.7 Å². The summed E-state index contributed by atoms with van der Waals surface area (Å²) in [5.41, 5.74) is 5.40. The molecule has 0 N–H and O–H groups in total. The second kappa shape index (κ2) is 41.5. The summed E-state index contributed by atoms with van der Waals surface area (Å²) in [6, 6.07) is 4.65. The summed E-state index contributed by atoms with van der Waals surface area (Å²) in [7, 11) is 0. The minimum atomic E-state index is 0.722. The quantitative estimate of drug-likeness (QED) is 0.0306. The summed E-state index contributed by atoms with van der Waals surface area (Å²) in [5.74, 6) is 16.9. The largest absolute Gasteiger partial charge is 0.152 e. The Hall–Kier alpha value is -1.82. The lowest BCUT2D eigenvalue weighted by molar-refractivity contribution is 0.409. The summed E-state index contributed by atoms with van der Waals surface area (Å²) < 4.78 is 2.81. The van der Waals surface area contributed by atoms with Crippen molar-refractivity contribution in [1.82, 2.24) is 0 Å². The number of hydrogen-bond acceptors (Lipinski definition) is 4. The van der Waals surface area contributed by atoms with Crippen LogP contribution in [0.2, 0.25) is 0 Å². The molecule has 70 heavy (non-hydrogen) atoms. The van der Waals surface area contributed by atoms with E-state index in [4.69, 9.17) is 0 Å². The lowest BCUT2D eigenvalue weighted by Gasteiger charge is -2.14. The molecule has 0 saturated carbocycles. The number of hydrogen-bond donors (Lipinski definition) is 0. The first kappa shape index (κ1) is 60.7. The van der Waals surface area contributed by atoms with Gasteiger partial charge in [-0.25, -0.2) is 0 Å². The van der Waals surface area contributed by atoms with E-state index in [9.17, 15) is 0 Å². The van der Waals surface area contributed by atoms with Gasteiger partial charge in [-0.15, -0.1) is 22.7 Å². The third kappa shape index (κ3) is 25.9. The van der Waals surface area contributed by atoms with Crippen LogP contribution in [-0.4, -0.2) is 0 Å². The molecule has 0 bridgehead atoms. The van der Waals surface area contributed by atoms with Crippen LogP contribution in [0.1, 0.15) is 307 Å². The van der Waals surface area contributed by atoms with E-state index >= 15 is 0 Å². The van der Waals surface area contributed by atoms with Crippen molar-refractivity contribution in [3.63, 3.8) is 0 Å². The van der Waals surface area contributed by atoms with Crippen molar-refractivity contribution >= 4 is 54.7 Å². The molecule has 0 nitrogen and oxygen atoms in total. The van der Waals surface area contributed by atoms with E-state index in [0.29, 0.717) is 0 Å². The molecule has 0 aliphatic carbocycles. The normalized spacial score (nSPS) is 12.3. The molecule has 0 saturated heterocycles. The molecule has 2 atom stereocenters. The lowest BCUT2D eigenvalue weighted by atomic mass is 9.91. The van der Waals surface area contributed by atoms with Gasteiger partial charge in [-0.2, -0.15) is 22.7 Å². The van der Waals surface area contributed by atoms with E-state index in [1.54, 1.807) is 0 Å². The smallest absolute Gasteiger partial charge is 0.0868 e. The molecule has 392 valence electrons. The van der Waals surface area contributed by atoms with Crippen molar-refractivity contribution in [3.8, 4) is 45.9 Å². The van der Waals surface area contributed by atoms with E-state index in [1.165, 1.54) is 298 Å². The van der Waals surface area contributed by atoms with Crippen LogP contribution in [0.4, 0.5) is 0 Å². The van der Waals surface area contributed by atoms with Gasteiger partial charge < -0.3 is 0 Å². The zero-order valence-corrected chi connectivity index (χ0v) is 49.2. The highest BCUT2D eigenvalue weighted by Crippen LogP contribution is 2.50. The fraction of sp³-hybridized carbons (Fsp3) is 0.727. The van der Waals surface area contributed by atoms with E-state index in [-0.39, 0.29) is 0 Å². The highest BCUT2D eigenvalue weighted by molar-refractivity contribution is 7.30. The highest BCUT2D eigenvalue weighted by atomic mass is 32.1. The predicted molar refractivity (Wildman–Crippen MR) is 324 cm³/mol. The average molecular weight is 1030 g/mol. The number of thiophene rings is 4. The molecule has 0 aliphatic heterocycles. The SMILES string of the molecule is CCCCCCCCCCCCC(CC#Cc1sc2c(-c3ccsc3)c(C#CCC(CCCCCCCCCC)CCCCCCCCCCCC)sc2c1-c1ccsc1)CCCCCCCCCC. The number of rotatable bonds is 44. The molecule has 0 amide bonds. The van der Waals surface area contributed by atoms with E-state index in [2.05, 4.69) is 85.0 Å². The Kier molecular flexibility index (Phi) is 36.0. The Bertz CT molecular complexity index is 1770. The maximum absolute atomic E-state index is 3.86. The first-order chi connectivity index (χ1) is 34.7. The van der Waals surface area contributed by atoms with Gasteiger partial charge in [0.25, 0.3) is 0 Å². The van der Waals surface area contributed by atoms with Gasteiger partial charge in [0.05, 0.1) is 19.2 Å². The van der Waals surface area contributed by atoms with Gasteiger partial charge in [0.15, 0.2) is 0 Å². The molecule has 0 aliphatic rings. The topological polar surface area (TPSA) is 0 Å². The molecule has 0 spiro atoms. The van der Waals surface area contributed by atoms with Crippen LogP contribution in [0.5, 0.6) is 0 Å². The van der Waals surface area contributed by atoms with Crippen LogP contribution in [0.3, 0.4) is 0 Å². The molecular formula is C66H104S4. The average Bonchev–Trinajstić information content (AvgIpc) is 4.21. The van der Waals surface area contributed by atoms with Crippen LogP contribution in [-0.2, 0) is 0 Å². The minimum Gasteiger partial charge on any atom is -0.152 e. The number of unbranched alkanes of at least 4 members (excludes halogenated alkanes) is 32. The van der Waals surface area contributed by atoms with Crippen LogP contribution < -0.4 is 0 Å². The van der Waals surface area contributed by atoms with Crippen molar-refractivity contribution < 1.29 is 0 Å². The van der Waals surface area contributed by atoms with Crippen molar-refractivity contribution in [3.05, 3.63) is 43.4 Å². The van der Waals surface area contributed by atoms with Gasteiger partial charge in [-0.05, 0) is 82.3 Å². The molecule has 4 heterocycles. The predicted octanol–water partition coefficient (Wildman–Crippen LogP) is 24.8. The molecular weight excluding hydrogens is 921 g/mol. The number of fused-ring (bicyclic) bond motifs is 1. The van der Waals surface area contributed by atoms with Gasteiger partial charge >= 0.3 is 0 Å². The van der Waals surface area contributed by atoms with Gasteiger partial charge in [-0.1, -0.05) is 283 Å². The molecule has 2 unspecified atom stereocenters.